The Bertz CT molecular complexity index is 387. The fourth-order valence-electron chi connectivity index (χ4n) is 1.47. The summed E-state index contributed by atoms with van der Waals surface area (Å²) < 4.78 is 4.92. The maximum atomic E-state index is 11.3. The molecule has 0 aliphatic carbocycles. The second-order valence-electron chi connectivity index (χ2n) is 4.33. The number of hydrogen-bond donors (Lipinski definition) is 1. The number of esters is 1. The molecule has 0 saturated heterocycles. The maximum absolute atomic E-state index is 11.3. The molecule has 0 rings (SSSR count). The van der Waals surface area contributed by atoms with Crippen LogP contribution in [0.2, 0.25) is 0 Å². The summed E-state index contributed by atoms with van der Waals surface area (Å²) in [7, 11) is 0. The normalized spacial score (nSPS) is 9.15. The zero-order valence-electron chi connectivity index (χ0n) is 11.7. The van der Waals surface area contributed by atoms with Crippen molar-refractivity contribution >= 4 is 11.9 Å². The minimum atomic E-state index is -0.808. The van der Waals surface area contributed by atoms with E-state index in [9.17, 15) is 9.59 Å². The van der Waals surface area contributed by atoms with E-state index in [1.54, 1.807) is 0 Å². The zero-order chi connectivity index (χ0) is 15.1. The van der Waals surface area contributed by atoms with Gasteiger partial charge in [0.1, 0.15) is 0 Å². The molecule has 20 heavy (non-hydrogen) atoms. The molecule has 0 aromatic rings. The molecule has 0 spiro atoms. The molecule has 0 aromatic carbocycles. The van der Waals surface area contributed by atoms with E-state index in [4.69, 9.17) is 15.1 Å². The highest BCUT2D eigenvalue weighted by molar-refractivity contribution is 5.69. The van der Waals surface area contributed by atoms with E-state index in [1.807, 2.05) is 0 Å². The summed E-state index contributed by atoms with van der Waals surface area (Å²) in [5.41, 5.74) is 0. The first kappa shape index (κ1) is 18.0. The minimum absolute atomic E-state index is 0.103. The maximum Gasteiger partial charge on any atom is 0.306 e. The number of nitriles is 1. The third-order valence-electron chi connectivity index (χ3n) is 2.54. The third kappa shape index (κ3) is 14.1. The molecule has 5 heteroatoms. The third-order valence-corrected chi connectivity index (χ3v) is 2.54. The van der Waals surface area contributed by atoms with E-state index < -0.39 is 5.97 Å². The fourth-order valence-corrected chi connectivity index (χ4v) is 1.47. The van der Waals surface area contributed by atoms with Gasteiger partial charge in [0.05, 0.1) is 6.07 Å². The number of rotatable bonds is 10. The predicted octanol–water partition coefficient (Wildman–Crippen LogP) is 2.65. The lowest BCUT2D eigenvalue weighted by Crippen LogP contribution is -2.04. The lowest BCUT2D eigenvalue weighted by atomic mass is 10.1. The Labute approximate surface area is 119 Å². The van der Waals surface area contributed by atoms with Gasteiger partial charge in [-0.3, -0.25) is 9.59 Å². The van der Waals surface area contributed by atoms with Crippen LogP contribution >= 0.6 is 0 Å². The smallest absolute Gasteiger partial charge is 0.306 e. The standard InChI is InChI=1S/C15H21NO4/c16-12-8-3-1-2-4-9-13-20-15(19)11-7-5-6-10-14(17)18/h1-3,5-8,10-11,13H2,(H,17,18). The van der Waals surface area contributed by atoms with Crippen molar-refractivity contribution in [2.75, 3.05) is 6.61 Å². The van der Waals surface area contributed by atoms with Crippen LogP contribution in [0, 0.1) is 23.2 Å². The molecule has 0 atom stereocenters. The molecule has 0 bridgehead atoms. The van der Waals surface area contributed by atoms with Crippen LogP contribution in [0.25, 0.3) is 0 Å². The number of carbonyl (C=O) groups is 2. The molecule has 1 N–H and O–H groups in total. The molecule has 0 fully saturated rings. The molecule has 0 saturated carbocycles. The molecular formula is C15H21NO4. The van der Waals surface area contributed by atoms with Gasteiger partial charge in [-0.05, 0) is 25.7 Å². The first-order valence-corrected chi connectivity index (χ1v) is 6.87. The van der Waals surface area contributed by atoms with Crippen LogP contribution in [-0.4, -0.2) is 23.7 Å². The second-order valence-corrected chi connectivity index (χ2v) is 4.33. The van der Waals surface area contributed by atoms with E-state index in [0.29, 0.717) is 38.5 Å². The second kappa shape index (κ2) is 13.4. The van der Waals surface area contributed by atoms with Crippen molar-refractivity contribution in [1.82, 2.24) is 0 Å². The number of aliphatic carboxylic acids is 1. The first-order valence-electron chi connectivity index (χ1n) is 6.87. The predicted molar refractivity (Wildman–Crippen MR) is 73.5 cm³/mol. The number of nitrogens with zero attached hydrogens (tertiary/aromatic N) is 1. The van der Waals surface area contributed by atoms with Crippen LogP contribution in [0.4, 0.5) is 0 Å². The van der Waals surface area contributed by atoms with Crippen LogP contribution in [-0.2, 0) is 14.3 Å². The van der Waals surface area contributed by atoms with Gasteiger partial charge in [0, 0.05) is 25.7 Å². The van der Waals surface area contributed by atoms with Crippen molar-refractivity contribution in [3.63, 3.8) is 0 Å². The topological polar surface area (TPSA) is 87.4 Å². The Kier molecular flexibility index (Phi) is 12.1. The molecule has 0 unspecified atom stereocenters. The lowest BCUT2D eigenvalue weighted by molar-refractivity contribution is -0.142. The summed E-state index contributed by atoms with van der Waals surface area (Å²) >= 11 is 0. The van der Waals surface area contributed by atoms with Crippen molar-refractivity contribution in [3.8, 4) is 17.9 Å². The highest BCUT2D eigenvalue weighted by atomic mass is 16.5. The van der Waals surface area contributed by atoms with Crippen LogP contribution in [0.15, 0.2) is 0 Å². The number of carbonyl (C=O) groups excluding carboxylic acids is 1. The van der Waals surface area contributed by atoms with Gasteiger partial charge >= 0.3 is 11.9 Å². The van der Waals surface area contributed by atoms with Gasteiger partial charge in [-0.25, -0.2) is 0 Å². The quantitative estimate of drug-likeness (QED) is 0.377. The SMILES string of the molecule is N#CCCCCC#CCOC(=O)CCCCCC(=O)O. The molecular weight excluding hydrogens is 258 g/mol. The summed E-state index contributed by atoms with van der Waals surface area (Å²) in [4.78, 5) is 21.5. The van der Waals surface area contributed by atoms with Crippen molar-refractivity contribution in [2.45, 2.75) is 57.8 Å². The van der Waals surface area contributed by atoms with Crippen LogP contribution in [0.5, 0.6) is 0 Å². The molecule has 0 radical (unpaired) electrons. The van der Waals surface area contributed by atoms with Gasteiger partial charge in [0.15, 0.2) is 6.61 Å². The Morgan fingerprint density at radius 1 is 0.950 bits per heavy atom. The summed E-state index contributed by atoms with van der Waals surface area (Å²) in [6, 6.07) is 2.07. The number of ether oxygens (including phenoxy) is 1. The van der Waals surface area contributed by atoms with Gasteiger partial charge in [-0.15, -0.1) is 0 Å². The van der Waals surface area contributed by atoms with Crippen molar-refractivity contribution in [2.24, 2.45) is 0 Å². The van der Waals surface area contributed by atoms with Gasteiger partial charge in [-0.2, -0.15) is 5.26 Å². The average molecular weight is 279 g/mol. The van der Waals surface area contributed by atoms with Gasteiger partial charge in [-0.1, -0.05) is 18.3 Å². The van der Waals surface area contributed by atoms with Crippen LogP contribution in [0.3, 0.4) is 0 Å². The lowest BCUT2D eigenvalue weighted by Gasteiger charge is -2.00. The number of unbranched alkanes of at least 4 members (excludes halogenated alkanes) is 5. The molecule has 0 aliphatic heterocycles. The molecule has 110 valence electrons. The Morgan fingerprint density at radius 3 is 2.35 bits per heavy atom. The number of carboxylic acids is 1. The number of hydrogen-bond acceptors (Lipinski definition) is 4. The van der Waals surface area contributed by atoms with Crippen LogP contribution < -0.4 is 0 Å². The number of carboxylic acid groups (broad SMARTS) is 1. The largest absolute Gasteiger partial charge is 0.481 e. The van der Waals surface area contributed by atoms with Crippen molar-refractivity contribution < 1.29 is 19.4 Å². The first-order chi connectivity index (χ1) is 9.66. The van der Waals surface area contributed by atoms with Gasteiger partial charge < -0.3 is 9.84 Å². The minimum Gasteiger partial charge on any atom is -0.481 e. The van der Waals surface area contributed by atoms with E-state index >= 15 is 0 Å². The van der Waals surface area contributed by atoms with Crippen LogP contribution in [0.1, 0.15) is 57.8 Å². The van der Waals surface area contributed by atoms with Gasteiger partial charge in [0.2, 0.25) is 0 Å². The molecule has 0 aliphatic rings. The Hall–Kier alpha value is -2.01. The van der Waals surface area contributed by atoms with E-state index in [1.165, 1.54) is 0 Å². The van der Waals surface area contributed by atoms with E-state index in [-0.39, 0.29) is 19.0 Å². The van der Waals surface area contributed by atoms with Crippen molar-refractivity contribution in [1.29, 1.82) is 5.26 Å². The summed E-state index contributed by atoms with van der Waals surface area (Å²) in [6.45, 7) is 0.103. The monoisotopic (exact) mass is 279 g/mol. The summed E-state index contributed by atoms with van der Waals surface area (Å²) in [5.74, 6) is 4.54. The highest BCUT2D eigenvalue weighted by Crippen LogP contribution is 2.04. The average Bonchev–Trinajstić information content (AvgIpc) is 2.41. The van der Waals surface area contributed by atoms with Crippen molar-refractivity contribution in [3.05, 3.63) is 0 Å². The molecule has 0 aromatic heterocycles. The highest BCUT2D eigenvalue weighted by Gasteiger charge is 2.02. The van der Waals surface area contributed by atoms with E-state index in [2.05, 4.69) is 17.9 Å². The fraction of sp³-hybridized carbons (Fsp3) is 0.667. The Balaban J connectivity index is 3.38. The molecule has 0 amide bonds. The zero-order valence-corrected chi connectivity index (χ0v) is 11.7. The summed E-state index contributed by atoms with van der Waals surface area (Å²) in [5, 5.41) is 16.8. The molecule has 5 nitrogen and oxygen atoms in total. The van der Waals surface area contributed by atoms with Gasteiger partial charge in [0.25, 0.3) is 0 Å². The van der Waals surface area contributed by atoms with E-state index in [0.717, 1.165) is 12.8 Å². The summed E-state index contributed by atoms with van der Waals surface area (Å²) in [6.07, 6.45) is 5.41. The Morgan fingerprint density at radius 2 is 1.65 bits per heavy atom. The molecule has 0 heterocycles.